The van der Waals surface area contributed by atoms with Gasteiger partial charge in [-0.25, -0.2) is 0 Å². The zero-order chi connectivity index (χ0) is 15.9. The molecule has 4 heteroatoms. The highest BCUT2D eigenvalue weighted by Gasteiger charge is 2.21. The van der Waals surface area contributed by atoms with Gasteiger partial charge in [-0.15, -0.1) is 0 Å². The van der Waals surface area contributed by atoms with E-state index in [2.05, 4.69) is 45.9 Å². The largest absolute Gasteiger partial charge is 0.353 e. The van der Waals surface area contributed by atoms with Crippen molar-refractivity contribution in [2.45, 2.75) is 57.2 Å². The summed E-state index contributed by atoms with van der Waals surface area (Å²) in [5, 5.41) is 6.69. The van der Waals surface area contributed by atoms with Crippen molar-refractivity contribution < 1.29 is 4.79 Å². The van der Waals surface area contributed by atoms with Crippen LogP contribution in [0.4, 0.5) is 0 Å². The van der Waals surface area contributed by atoms with Crippen molar-refractivity contribution in [3.8, 4) is 0 Å². The van der Waals surface area contributed by atoms with E-state index in [1.54, 1.807) is 0 Å². The molecular formula is C19H29N3O. The number of nitrogens with one attached hydrogen (secondary N) is 2. The fourth-order valence-electron chi connectivity index (χ4n) is 3.69. The Morgan fingerprint density at radius 1 is 1.17 bits per heavy atom. The van der Waals surface area contributed by atoms with Crippen LogP contribution in [0.3, 0.4) is 0 Å². The summed E-state index contributed by atoms with van der Waals surface area (Å²) in [6.45, 7) is 4.29. The number of carbonyl (C=O) groups is 1. The van der Waals surface area contributed by atoms with Gasteiger partial charge in [0.05, 0.1) is 0 Å². The lowest BCUT2D eigenvalue weighted by Gasteiger charge is -2.32. The maximum absolute atomic E-state index is 12.1. The lowest BCUT2D eigenvalue weighted by atomic mass is 10.0. The third kappa shape index (κ3) is 5.33. The second kappa shape index (κ2) is 8.46. The predicted octanol–water partition coefficient (Wildman–Crippen LogP) is 2.30. The zero-order valence-electron chi connectivity index (χ0n) is 14.0. The lowest BCUT2D eigenvalue weighted by molar-refractivity contribution is -0.122. The third-order valence-electron chi connectivity index (χ3n) is 5.08. The molecule has 2 N–H and O–H groups in total. The molecule has 23 heavy (non-hydrogen) atoms. The van der Waals surface area contributed by atoms with E-state index in [0.717, 1.165) is 45.4 Å². The van der Waals surface area contributed by atoms with Gasteiger partial charge in [0.15, 0.2) is 0 Å². The van der Waals surface area contributed by atoms with Crippen LogP contribution in [0, 0.1) is 0 Å². The van der Waals surface area contributed by atoms with Crippen LogP contribution in [-0.4, -0.2) is 42.5 Å². The zero-order valence-corrected chi connectivity index (χ0v) is 14.0. The first-order chi connectivity index (χ1) is 11.3. The van der Waals surface area contributed by atoms with E-state index in [1.807, 2.05) is 0 Å². The van der Waals surface area contributed by atoms with Crippen LogP contribution in [0.2, 0.25) is 0 Å². The Morgan fingerprint density at radius 2 is 1.96 bits per heavy atom. The number of benzene rings is 1. The Kier molecular flexibility index (Phi) is 6.06. The van der Waals surface area contributed by atoms with Crippen LogP contribution in [0.5, 0.6) is 0 Å². The number of amides is 1. The smallest absolute Gasteiger partial charge is 0.220 e. The number of rotatable bonds is 6. The quantitative estimate of drug-likeness (QED) is 0.846. The van der Waals surface area contributed by atoms with E-state index >= 15 is 0 Å². The Bertz CT molecular complexity index is 477. The highest BCUT2D eigenvalue weighted by atomic mass is 16.1. The second-order valence-corrected chi connectivity index (χ2v) is 6.94. The van der Waals surface area contributed by atoms with Gasteiger partial charge in [-0.05, 0) is 44.2 Å². The van der Waals surface area contributed by atoms with E-state index in [4.69, 9.17) is 0 Å². The van der Waals surface area contributed by atoms with Crippen molar-refractivity contribution in [1.82, 2.24) is 15.5 Å². The van der Waals surface area contributed by atoms with Crippen LogP contribution in [0.25, 0.3) is 0 Å². The molecule has 1 atom stereocenters. The van der Waals surface area contributed by atoms with Gasteiger partial charge in [0, 0.05) is 38.1 Å². The van der Waals surface area contributed by atoms with Crippen molar-refractivity contribution in [2.24, 2.45) is 0 Å². The van der Waals surface area contributed by atoms with Crippen LogP contribution in [-0.2, 0) is 11.3 Å². The van der Waals surface area contributed by atoms with Gasteiger partial charge < -0.3 is 10.6 Å². The first-order valence-corrected chi connectivity index (χ1v) is 9.08. The molecule has 4 nitrogen and oxygen atoms in total. The van der Waals surface area contributed by atoms with E-state index < -0.39 is 0 Å². The van der Waals surface area contributed by atoms with Gasteiger partial charge >= 0.3 is 0 Å². The molecule has 2 aliphatic rings. The predicted molar refractivity (Wildman–Crippen MR) is 93.1 cm³/mol. The normalized spacial score (nSPS) is 23.0. The Morgan fingerprint density at radius 3 is 2.65 bits per heavy atom. The average molecular weight is 315 g/mol. The molecule has 0 saturated carbocycles. The topological polar surface area (TPSA) is 44.4 Å². The van der Waals surface area contributed by atoms with Gasteiger partial charge in [-0.1, -0.05) is 30.3 Å². The van der Waals surface area contributed by atoms with E-state index in [0.29, 0.717) is 18.5 Å². The first-order valence-electron chi connectivity index (χ1n) is 9.08. The van der Waals surface area contributed by atoms with Gasteiger partial charge in [0.25, 0.3) is 0 Å². The molecule has 2 aliphatic heterocycles. The maximum atomic E-state index is 12.1. The van der Waals surface area contributed by atoms with Gasteiger partial charge in [0.1, 0.15) is 0 Å². The summed E-state index contributed by atoms with van der Waals surface area (Å²) >= 11 is 0. The Labute approximate surface area is 139 Å². The number of likely N-dealkylation sites (tertiary alicyclic amines) is 1. The molecule has 1 aromatic carbocycles. The molecule has 0 aromatic heterocycles. The lowest BCUT2D eigenvalue weighted by Crippen LogP contribution is -2.44. The first kappa shape index (κ1) is 16.5. The molecule has 2 heterocycles. The number of hydrogen-bond acceptors (Lipinski definition) is 3. The summed E-state index contributed by atoms with van der Waals surface area (Å²) in [7, 11) is 0. The summed E-state index contributed by atoms with van der Waals surface area (Å²) in [5.74, 6) is 0.236. The van der Waals surface area contributed by atoms with Gasteiger partial charge in [-0.2, -0.15) is 0 Å². The molecule has 126 valence electrons. The number of nitrogens with zero attached hydrogens (tertiary/aromatic N) is 1. The maximum Gasteiger partial charge on any atom is 0.220 e. The molecule has 1 aromatic rings. The van der Waals surface area contributed by atoms with E-state index in [9.17, 15) is 4.79 Å². The molecule has 0 bridgehead atoms. The highest BCUT2D eigenvalue weighted by molar-refractivity contribution is 5.76. The minimum Gasteiger partial charge on any atom is -0.353 e. The fraction of sp³-hybridized carbons (Fsp3) is 0.632. The summed E-state index contributed by atoms with van der Waals surface area (Å²) in [4.78, 5) is 14.6. The van der Waals surface area contributed by atoms with Crippen molar-refractivity contribution in [3.63, 3.8) is 0 Å². The number of carbonyl (C=O) groups excluding carboxylic acids is 1. The summed E-state index contributed by atoms with van der Waals surface area (Å²) < 4.78 is 0. The van der Waals surface area contributed by atoms with Crippen molar-refractivity contribution in [3.05, 3.63) is 35.9 Å². The highest BCUT2D eigenvalue weighted by Crippen LogP contribution is 2.15. The van der Waals surface area contributed by atoms with Crippen LogP contribution < -0.4 is 10.6 Å². The third-order valence-corrected chi connectivity index (χ3v) is 5.08. The van der Waals surface area contributed by atoms with Crippen LogP contribution in [0.1, 0.15) is 44.1 Å². The molecule has 2 saturated heterocycles. The minimum absolute atomic E-state index is 0.236. The molecule has 0 radical (unpaired) electrons. The molecule has 2 fully saturated rings. The average Bonchev–Trinajstić information content (AvgIpc) is 3.09. The summed E-state index contributed by atoms with van der Waals surface area (Å²) in [5.41, 5.74) is 1.37. The minimum atomic E-state index is 0.236. The molecule has 1 unspecified atom stereocenters. The molecule has 0 spiro atoms. The fourth-order valence-corrected chi connectivity index (χ4v) is 3.69. The van der Waals surface area contributed by atoms with Gasteiger partial charge in [-0.3, -0.25) is 9.69 Å². The second-order valence-electron chi connectivity index (χ2n) is 6.94. The molecule has 3 rings (SSSR count). The summed E-state index contributed by atoms with van der Waals surface area (Å²) in [6.07, 6.45) is 6.28. The standard InChI is InChI=1S/C19H29N3O/c23-19(9-8-17-7-4-12-20-17)21-18-10-13-22(14-11-18)15-16-5-2-1-3-6-16/h1-3,5-6,17-18,20H,4,7-15H2,(H,21,23). The van der Waals surface area contributed by atoms with Crippen molar-refractivity contribution in [2.75, 3.05) is 19.6 Å². The Hall–Kier alpha value is -1.39. The van der Waals surface area contributed by atoms with E-state index in [-0.39, 0.29) is 5.91 Å². The monoisotopic (exact) mass is 315 g/mol. The van der Waals surface area contributed by atoms with Crippen molar-refractivity contribution >= 4 is 5.91 Å². The number of piperidine rings is 1. The van der Waals surface area contributed by atoms with Crippen molar-refractivity contribution in [1.29, 1.82) is 0 Å². The van der Waals surface area contributed by atoms with E-state index in [1.165, 1.54) is 18.4 Å². The Balaban J connectivity index is 1.33. The molecule has 0 aliphatic carbocycles. The van der Waals surface area contributed by atoms with Crippen LogP contribution in [0.15, 0.2) is 30.3 Å². The molecule has 1 amide bonds. The summed E-state index contributed by atoms with van der Waals surface area (Å²) in [6, 6.07) is 11.6. The molecular weight excluding hydrogens is 286 g/mol. The van der Waals surface area contributed by atoms with Crippen LogP contribution >= 0.6 is 0 Å². The van der Waals surface area contributed by atoms with Gasteiger partial charge in [0.2, 0.25) is 5.91 Å². The number of hydrogen-bond donors (Lipinski definition) is 2. The SMILES string of the molecule is O=C(CCC1CCCN1)NC1CCN(Cc2ccccc2)CC1.